The normalized spacial score (nSPS) is 16.0. The molecule has 1 aromatic rings. The van der Waals surface area contributed by atoms with E-state index in [1.807, 2.05) is 0 Å². The van der Waals surface area contributed by atoms with Gasteiger partial charge in [0.2, 0.25) is 0 Å². The Morgan fingerprint density at radius 2 is 1.61 bits per heavy atom. The molecule has 0 aliphatic carbocycles. The lowest BCUT2D eigenvalue weighted by molar-refractivity contribution is -0.205. The summed E-state index contributed by atoms with van der Waals surface area (Å²) in [4.78, 5) is 42.0. The maximum atomic E-state index is 12.4. The van der Waals surface area contributed by atoms with Crippen molar-refractivity contribution in [2.24, 2.45) is 5.41 Å². The van der Waals surface area contributed by atoms with Crippen LogP contribution >= 0.6 is 0 Å². The molecule has 1 heterocycles. The van der Waals surface area contributed by atoms with Gasteiger partial charge >= 0.3 is 5.97 Å². The van der Waals surface area contributed by atoms with Crippen LogP contribution in [0.25, 0.3) is 0 Å². The Kier molecular flexibility index (Phi) is 5.15. The summed E-state index contributed by atoms with van der Waals surface area (Å²) in [6.45, 7) is 7.37. The van der Waals surface area contributed by atoms with Gasteiger partial charge in [-0.15, -0.1) is 5.06 Å². The zero-order chi connectivity index (χ0) is 17.0. The fraction of sp³-hybridized carbons (Fsp3) is 0.471. The van der Waals surface area contributed by atoms with Gasteiger partial charge < -0.3 is 9.74 Å². The lowest BCUT2D eigenvalue weighted by atomic mass is 9.98. The molecule has 1 aliphatic heterocycles. The lowest BCUT2D eigenvalue weighted by Crippen LogP contribution is -2.49. The average molecular weight is 318 g/mol. The minimum atomic E-state index is -0.548. The van der Waals surface area contributed by atoms with Crippen molar-refractivity contribution in [3.63, 3.8) is 0 Å². The molecule has 0 bridgehead atoms. The summed E-state index contributed by atoms with van der Waals surface area (Å²) in [5.74, 6) is -0.356. The van der Waals surface area contributed by atoms with E-state index in [-0.39, 0.29) is 11.9 Å². The van der Waals surface area contributed by atoms with Gasteiger partial charge in [0, 0.05) is 24.2 Å². The second-order valence-corrected chi connectivity index (χ2v) is 6.59. The van der Waals surface area contributed by atoms with Crippen LogP contribution in [0.4, 0.5) is 0 Å². The highest BCUT2D eigenvalue weighted by Gasteiger charge is 2.29. The third kappa shape index (κ3) is 4.39. The highest BCUT2D eigenvalue weighted by molar-refractivity contribution is 5.95. The number of rotatable bonds is 3. The van der Waals surface area contributed by atoms with Crippen molar-refractivity contribution in [1.82, 2.24) is 9.96 Å². The van der Waals surface area contributed by atoms with Crippen molar-refractivity contribution in [2.75, 3.05) is 26.2 Å². The molecule has 0 saturated carbocycles. The van der Waals surface area contributed by atoms with Gasteiger partial charge in [-0.25, -0.2) is 4.79 Å². The highest BCUT2D eigenvalue weighted by Crippen LogP contribution is 2.17. The van der Waals surface area contributed by atoms with Crippen LogP contribution in [0.1, 0.15) is 41.5 Å². The zero-order valence-corrected chi connectivity index (χ0v) is 13.7. The fourth-order valence-electron chi connectivity index (χ4n) is 2.12. The second-order valence-electron chi connectivity index (χ2n) is 6.59. The van der Waals surface area contributed by atoms with E-state index >= 15 is 0 Å². The fourth-order valence-corrected chi connectivity index (χ4v) is 2.12. The number of piperazine rings is 1. The summed E-state index contributed by atoms with van der Waals surface area (Å²) in [5, 5.41) is 1.60. The number of hydrogen-bond donors (Lipinski definition) is 0. The van der Waals surface area contributed by atoms with Gasteiger partial charge in [0.05, 0.1) is 18.5 Å². The van der Waals surface area contributed by atoms with Crippen molar-refractivity contribution in [3.8, 4) is 0 Å². The molecule has 0 unspecified atom stereocenters. The maximum Gasteiger partial charge on any atom is 0.330 e. The standard InChI is InChI=1S/C17H22N2O4/c1-17(2,3)16(22)23-19-10-8-18(9-11-19)15(21)14-6-4-13(12-20)5-7-14/h4-7,12H,8-11H2,1-3H3. The van der Waals surface area contributed by atoms with Crippen LogP contribution in [0.5, 0.6) is 0 Å². The molecule has 23 heavy (non-hydrogen) atoms. The number of hydrogen-bond acceptors (Lipinski definition) is 5. The van der Waals surface area contributed by atoms with Crippen LogP contribution < -0.4 is 0 Å². The van der Waals surface area contributed by atoms with E-state index in [0.717, 1.165) is 6.29 Å². The summed E-state index contributed by atoms with van der Waals surface area (Å²) >= 11 is 0. The van der Waals surface area contributed by atoms with Gasteiger partial charge in [-0.05, 0) is 32.9 Å². The number of amides is 1. The van der Waals surface area contributed by atoms with Gasteiger partial charge in [-0.3, -0.25) is 9.59 Å². The van der Waals surface area contributed by atoms with Gasteiger partial charge in [-0.2, -0.15) is 0 Å². The smallest absolute Gasteiger partial charge is 0.330 e. The summed E-state index contributed by atoms with van der Waals surface area (Å²) in [7, 11) is 0. The Hall–Kier alpha value is -2.21. The van der Waals surface area contributed by atoms with E-state index in [1.54, 1.807) is 55.0 Å². The van der Waals surface area contributed by atoms with E-state index in [9.17, 15) is 14.4 Å². The SMILES string of the molecule is CC(C)(C)C(=O)ON1CCN(C(=O)c2ccc(C=O)cc2)CC1. The minimum absolute atomic E-state index is 0.0794. The van der Waals surface area contributed by atoms with Crippen LogP contribution in [-0.4, -0.2) is 54.3 Å². The van der Waals surface area contributed by atoms with Crippen molar-refractivity contribution in [1.29, 1.82) is 0 Å². The summed E-state index contributed by atoms with van der Waals surface area (Å²) in [5.41, 5.74) is 0.545. The van der Waals surface area contributed by atoms with Gasteiger partial charge in [0.15, 0.2) is 0 Å². The van der Waals surface area contributed by atoms with Crippen molar-refractivity contribution >= 4 is 18.2 Å². The van der Waals surface area contributed by atoms with Gasteiger partial charge in [0.25, 0.3) is 5.91 Å². The molecule has 2 rings (SSSR count). The summed E-state index contributed by atoms with van der Waals surface area (Å²) < 4.78 is 0. The number of carbonyl (C=O) groups is 3. The Morgan fingerprint density at radius 3 is 2.09 bits per heavy atom. The molecule has 1 aliphatic rings. The van der Waals surface area contributed by atoms with Crippen LogP contribution in [0.15, 0.2) is 24.3 Å². The van der Waals surface area contributed by atoms with E-state index in [1.165, 1.54) is 0 Å². The molecular weight excluding hydrogens is 296 g/mol. The first kappa shape index (κ1) is 17.1. The molecule has 1 fully saturated rings. The number of carbonyl (C=O) groups excluding carboxylic acids is 3. The topological polar surface area (TPSA) is 66.9 Å². The highest BCUT2D eigenvalue weighted by atomic mass is 16.7. The molecule has 124 valence electrons. The molecule has 0 N–H and O–H groups in total. The second kappa shape index (κ2) is 6.91. The monoisotopic (exact) mass is 318 g/mol. The van der Waals surface area contributed by atoms with Crippen molar-refractivity contribution < 1.29 is 19.2 Å². The molecule has 6 nitrogen and oxygen atoms in total. The van der Waals surface area contributed by atoms with Crippen LogP contribution in [-0.2, 0) is 9.63 Å². The van der Waals surface area contributed by atoms with Crippen LogP contribution in [0.3, 0.4) is 0 Å². The molecule has 0 radical (unpaired) electrons. The molecule has 6 heteroatoms. The molecule has 0 aromatic heterocycles. The number of aldehydes is 1. The first-order valence-electron chi connectivity index (χ1n) is 7.63. The number of nitrogens with zero attached hydrogens (tertiary/aromatic N) is 2. The van der Waals surface area contributed by atoms with Gasteiger partial charge in [-0.1, -0.05) is 12.1 Å². The Morgan fingerprint density at radius 1 is 1.04 bits per heavy atom. The molecule has 1 aromatic carbocycles. The van der Waals surface area contributed by atoms with E-state index in [2.05, 4.69) is 0 Å². The third-order valence-electron chi connectivity index (χ3n) is 3.64. The first-order chi connectivity index (χ1) is 10.8. The molecule has 1 saturated heterocycles. The molecule has 0 spiro atoms. The summed E-state index contributed by atoms with van der Waals surface area (Å²) in [6, 6.07) is 6.55. The summed E-state index contributed by atoms with van der Waals surface area (Å²) in [6.07, 6.45) is 0.747. The molecular formula is C17H22N2O4. The first-order valence-corrected chi connectivity index (χ1v) is 7.63. The molecule has 0 atom stereocenters. The Balaban J connectivity index is 1.89. The largest absolute Gasteiger partial charge is 0.367 e. The van der Waals surface area contributed by atoms with Crippen LogP contribution in [0.2, 0.25) is 0 Å². The Labute approximate surface area is 136 Å². The Bertz CT molecular complexity index is 582. The average Bonchev–Trinajstić information content (AvgIpc) is 2.54. The lowest BCUT2D eigenvalue weighted by Gasteiger charge is -2.34. The van der Waals surface area contributed by atoms with E-state index < -0.39 is 5.41 Å². The number of benzene rings is 1. The zero-order valence-electron chi connectivity index (χ0n) is 13.7. The van der Waals surface area contributed by atoms with Crippen LogP contribution in [0, 0.1) is 5.41 Å². The van der Waals surface area contributed by atoms with Gasteiger partial charge in [0.1, 0.15) is 6.29 Å². The van der Waals surface area contributed by atoms with Crippen molar-refractivity contribution in [3.05, 3.63) is 35.4 Å². The third-order valence-corrected chi connectivity index (χ3v) is 3.64. The molecule has 1 amide bonds. The predicted molar refractivity (Wildman–Crippen MR) is 84.9 cm³/mol. The predicted octanol–water partition coefficient (Wildman–Crippen LogP) is 1.76. The number of hydroxylamine groups is 2. The minimum Gasteiger partial charge on any atom is -0.367 e. The maximum absolute atomic E-state index is 12.4. The quantitative estimate of drug-likeness (QED) is 0.795. The van der Waals surface area contributed by atoms with Crippen molar-refractivity contribution in [2.45, 2.75) is 20.8 Å². The van der Waals surface area contributed by atoms with E-state index in [0.29, 0.717) is 37.3 Å². The van der Waals surface area contributed by atoms with E-state index in [4.69, 9.17) is 4.84 Å².